The standard InChI is InChI=1S/C13H15NO6/c1-14(12(15)6-18-7-13(16)17)5-9-2-3-10-11(4-9)20-8-19-10/h2-4H,5-8H2,1H3,(H,16,17). The highest BCUT2D eigenvalue weighted by Crippen LogP contribution is 2.32. The van der Waals surface area contributed by atoms with Gasteiger partial charge >= 0.3 is 5.97 Å². The summed E-state index contributed by atoms with van der Waals surface area (Å²) in [6, 6.07) is 5.44. The summed E-state index contributed by atoms with van der Waals surface area (Å²) in [5.41, 5.74) is 0.892. The molecule has 7 nitrogen and oxygen atoms in total. The topological polar surface area (TPSA) is 85.3 Å². The maximum atomic E-state index is 11.7. The molecule has 0 aliphatic carbocycles. The molecule has 1 amide bonds. The van der Waals surface area contributed by atoms with Crippen molar-refractivity contribution in [1.82, 2.24) is 4.90 Å². The minimum Gasteiger partial charge on any atom is -0.480 e. The Morgan fingerprint density at radius 2 is 2.05 bits per heavy atom. The first-order valence-corrected chi connectivity index (χ1v) is 5.98. The van der Waals surface area contributed by atoms with Crippen molar-refractivity contribution in [2.24, 2.45) is 0 Å². The number of ether oxygens (including phenoxy) is 3. The summed E-state index contributed by atoms with van der Waals surface area (Å²) in [7, 11) is 1.62. The first kappa shape index (κ1) is 14.1. The zero-order valence-corrected chi connectivity index (χ0v) is 11.0. The Morgan fingerprint density at radius 1 is 1.30 bits per heavy atom. The highest BCUT2D eigenvalue weighted by atomic mass is 16.7. The van der Waals surface area contributed by atoms with Gasteiger partial charge < -0.3 is 24.2 Å². The highest BCUT2D eigenvalue weighted by molar-refractivity contribution is 5.77. The molecule has 0 unspecified atom stereocenters. The van der Waals surface area contributed by atoms with E-state index in [-0.39, 0.29) is 19.3 Å². The van der Waals surface area contributed by atoms with E-state index in [0.29, 0.717) is 18.0 Å². The van der Waals surface area contributed by atoms with Crippen molar-refractivity contribution in [2.75, 3.05) is 27.1 Å². The fourth-order valence-electron chi connectivity index (χ4n) is 1.74. The molecule has 108 valence electrons. The molecule has 0 fully saturated rings. The molecular weight excluding hydrogens is 266 g/mol. The number of amides is 1. The maximum Gasteiger partial charge on any atom is 0.329 e. The summed E-state index contributed by atoms with van der Waals surface area (Å²) >= 11 is 0. The Kier molecular flexibility index (Phi) is 4.41. The number of carboxylic acids is 1. The van der Waals surface area contributed by atoms with Gasteiger partial charge in [-0.05, 0) is 17.7 Å². The summed E-state index contributed by atoms with van der Waals surface area (Å²) in [6.45, 7) is -0.153. The Hall–Kier alpha value is -2.28. The lowest BCUT2D eigenvalue weighted by atomic mass is 10.2. The molecule has 1 aromatic rings. The number of carboxylic acid groups (broad SMARTS) is 1. The average Bonchev–Trinajstić information content (AvgIpc) is 2.85. The second-order valence-corrected chi connectivity index (χ2v) is 4.32. The molecular formula is C13H15NO6. The van der Waals surface area contributed by atoms with Gasteiger partial charge in [-0.3, -0.25) is 4.79 Å². The molecule has 1 aliphatic rings. The molecule has 2 rings (SSSR count). The highest BCUT2D eigenvalue weighted by Gasteiger charge is 2.15. The fourth-order valence-corrected chi connectivity index (χ4v) is 1.74. The van der Waals surface area contributed by atoms with Gasteiger partial charge in [-0.1, -0.05) is 6.07 Å². The van der Waals surface area contributed by atoms with Crippen LogP contribution < -0.4 is 9.47 Å². The van der Waals surface area contributed by atoms with Crippen LogP contribution in [0.1, 0.15) is 5.56 Å². The molecule has 0 bridgehead atoms. The number of aliphatic carboxylic acids is 1. The SMILES string of the molecule is CN(Cc1ccc2c(c1)OCO2)C(=O)COCC(=O)O. The monoisotopic (exact) mass is 281 g/mol. The molecule has 1 aliphatic heterocycles. The largest absolute Gasteiger partial charge is 0.480 e. The molecule has 0 radical (unpaired) electrons. The van der Waals surface area contributed by atoms with E-state index in [2.05, 4.69) is 0 Å². The van der Waals surface area contributed by atoms with Gasteiger partial charge in [-0.25, -0.2) is 4.79 Å². The van der Waals surface area contributed by atoms with Crippen LogP contribution in [0.15, 0.2) is 18.2 Å². The lowest BCUT2D eigenvalue weighted by Crippen LogP contribution is -2.30. The third-order valence-corrected chi connectivity index (χ3v) is 2.73. The van der Waals surface area contributed by atoms with Crippen LogP contribution in [0.3, 0.4) is 0 Å². The first-order valence-electron chi connectivity index (χ1n) is 5.98. The molecule has 20 heavy (non-hydrogen) atoms. The number of carbonyl (C=O) groups excluding carboxylic acids is 1. The summed E-state index contributed by atoms with van der Waals surface area (Å²) in [5.74, 6) is -0.0434. The smallest absolute Gasteiger partial charge is 0.329 e. The number of hydrogen-bond acceptors (Lipinski definition) is 5. The zero-order chi connectivity index (χ0) is 14.5. The van der Waals surface area contributed by atoms with E-state index in [4.69, 9.17) is 19.3 Å². The van der Waals surface area contributed by atoms with Crippen LogP contribution in [0.25, 0.3) is 0 Å². The van der Waals surface area contributed by atoms with E-state index in [9.17, 15) is 9.59 Å². The predicted molar refractivity (Wildman–Crippen MR) is 67.5 cm³/mol. The van der Waals surface area contributed by atoms with Crippen molar-refractivity contribution < 1.29 is 28.9 Å². The van der Waals surface area contributed by atoms with Crippen molar-refractivity contribution in [1.29, 1.82) is 0 Å². The van der Waals surface area contributed by atoms with E-state index in [1.807, 2.05) is 12.1 Å². The molecule has 1 N–H and O–H groups in total. The van der Waals surface area contributed by atoms with E-state index in [1.165, 1.54) is 4.90 Å². The van der Waals surface area contributed by atoms with Crippen molar-refractivity contribution in [2.45, 2.75) is 6.54 Å². The lowest BCUT2D eigenvalue weighted by Gasteiger charge is -2.17. The fraction of sp³-hybridized carbons (Fsp3) is 0.385. The van der Waals surface area contributed by atoms with E-state index in [0.717, 1.165) is 5.56 Å². The summed E-state index contributed by atoms with van der Waals surface area (Å²) in [6.07, 6.45) is 0. The number of benzene rings is 1. The van der Waals surface area contributed by atoms with E-state index >= 15 is 0 Å². The Bertz CT molecular complexity index is 516. The number of fused-ring (bicyclic) bond motifs is 1. The minimum atomic E-state index is -1.10. The Labute approximate surface area is 115 Å². The quantitative estimate of drug-likeness (QED) is 0.816. The van der Waals surface area contributed by atoms with Crippen molar-refractivity contribution in [3.8, 4) is 11.5 Å². The molecule has 1 heterocycles. The molecule has 0 saturated carbocycles. The van der Waals surface area contributed by atoms with Crippen LogP contribution in [-0.2, 0) is 20.9 Å². The van der Waals surface area contributed by atoms with Crippen LogP contribution in [0.2, 0.25) is 0 Å². The Morgan fingerprint density at radius 3 is 2.80 bits per heavy atom. The van der Waals surface area contributed by atoms with Crippen LogP contribution in [0.5, 0.6) is 11.5 Å². The zero-order valence-electron chi connectivity index (χ0n) is 11.0. The van der Waals surface area contributed by atoms with Crippen LogP contribution >= 0.6 is 0 Å². The second-order valence-electron chi connectivity index (χ2n) is 4.32. The second kappa shape index (κ2) is 6.25. The van der Waals surface area contributed by atoms with Crippen LogP contribution in [0, 0.1) is 0 Å². The summed E-state index contributed by atoms with van der Waals surface area (Å²) < 4.78 is 15.2. The maximum absolute atomic E-state index is 11.7. The number of rotatable bonds is 6. The van der Waals surface area contributed by atoms with Crippen LogP contribution in [0.4, 0.5) is 0 Å². The normalized spacial score (nSPS) is 12.2. The van der Waals surface area contributed by atoms with E-state index < -0.39 is 12.6 Å². The number of likely N-dealkylation sites (N-methyl/N-ethyl adjacent to an activating group) is 1. The van der Waals surface area contributed by atoms with Gasteiger partial charge in [0.2, 0.25) is 12.7 Å². The van der Waals surface area contributed by atoms with Gasteiger partial charge in [0.05, 0.1) is 0 Å². The number of nitrogens with zero attached hydrogens (tertiary/aromatic N) is 1. The molecule has 0 spiro atoms. The van der Waals surface area contributed by atoms with E-state index in [1.54, 1.807) is 13.1 Å². The first-order chi connectivity index (χ1) is 9.56. The van der Waals surface area contributed by atoms with Gasteiger partial charge in [-0.2, -0.15) is 0 Å². The number of carbonyl (C=O) groups is 2. The molecule has 0 saturated heterocycles. The minimum absolute atomic E-state index is 0.205. The van der Waals surface area contributed by atoms with Gasteiger partial charge in [-0.15, -0.1) is 0 Å². The third-order valence-electron chi connectivity index (χ3n) is 2.73. The van der Waals surface area contributed by atoms with Gasteiger partial charge in [0.1, 0.15) is 13.2 Å². The Balaban J connectivity index is 1.86. The summed E-state index contributed by atoms with van der Waals surface area (Å²) in [4.78, 5) is 23.4. The average molecular weight is 281 g/mol. The molecule has 0 atom stereocenters. The lowest BCUT2D eigenvalue weighted by molar-refractivity contribution is -0.145. The van der Waals surface area contributed by atoms with Crippen LogP contribution in [-0.4, -0.2) is 48.9 Å². The van der Waals surface area contributed by atoms with Crippen molar-refractivity contribution in [3.63, 3.8) is 0 Å². The molecule has 0 aromatic heterocycles. The van der Waals surface area contributed by atoms with Crippen molar-refractivity contribution in [3.05, 3.63) is 23.8 Å². The molecule has 1 aromatic carbocycles. The molecule has 7 heteroatoms. The van der Waals surface area contributed by atoms with Gasteiger partial charge in [0, 0.05) is 13.6 Å². The predicted octanol–water partition coefficient (Wildman–Crippen LogP) is 0.475. The van der Waals surface area contributed by atoms with Gasteiger partial charge in [0.25, 0.3) is 0 Å². The van der Waals surface area contributed by atoms with Crippen molar-refractivity contribution >= 4 is 11.9 Å². The number of hydrogen-bond donors (Lipinski definition) is 1. The summed E-state index contributed by atoms with van der Waals surface area (Å²) in [5, 5.41) is 8.41. The van der Waals surface area contributed by atoms with Gasteiger partial charge in [0.15, 0.2) is 11.5 Å². The third kappa shape index (κ3) is 3.61.